The van der Waals surface area contributed by atoms with Gasteiger partial charge in [0.25, 0.3) is 5.69 Å². The van der Waals surface area contributed by atoms with Crippen molar-refractivity contribution in [2.45, 2.75) is 43.8 Å². The third-order valence-electron chi connectivity index (χ3n) is 4.71. The summed E-state index contributed by atoms with van der Waals surface area (Å²) in [5.74, 6) is -0.274. The van der Waals surface area contributed by atoms with E-state index in [1.165, 1.54) is 41.0 Å². The molecule has 1 aromatic carbocycles. The number of nitro groups is 1. The Kier molecular flexibility index (Phi) is 8.18. The number of aliphatic hydroxyl groups excluding tert-OH is 1. The normalized spacial score (nSPS) is 19.3. The second-order valence-corrected chi connectivity index (χ2v) is 8.70. The van der Waals surface area contributed by atoms with Crippen LogP contribution in [0.2, 0.25) is 0 Å². The average Bonchev–Trinajstić information content (AvgIpc) is 3.09. The summed E-state index contributed by atoms with van der Waals surface area (Å²) in [4.78, 5) is 49.0. The van der Waals surface area contributed by atoms with Crippen LogP contribution in [0.1, 0.15) is 25.3 Å². The standard InChI is InChI=1S/C19H25N3O7S/c1-12(23)30-15-8-16(17(24)9-18(25)20(2)3)21(10-15)19(26)29-11-13-4-6-14(7-5-13)22(27)28/h4-7,15-17,24H,8-11H2,1-3H3/t15-,16-,17?/m0/s1. The van der Waals surface area contributed by atoms with E-state index in [-0.39, 0.29) is 41.5 Å². The van der Waals surface area contributed by atoms with E-state index in [4.69, 9.17) is 4.74 Å². The number of hydrogen-bond acceptors (Lipinski definition) is 8. The number of likely N-dealkylation sites (tertiary alicyclic amines) is 1. The fourth-order valence-electron chi connectivity index (χ4n) is 3.16. The summed E-state index contributed by atoms with van der Waals surface area (Å²) in [6, 6.07) is 4.96. The van der Waals surface area contributed by atoms with E-state index in [1.807, 2.05) is 0 Å². The number of nitrogens with zero attached hydrogens (tertiary/aromatic N) is 3. The number of non-ortho nitro benzene ring substituents is 1. The van der Waals surface area contributed by atoms with Gasteiger partial charge in [-0.15, -0.1) is 0 Å². The van der Waals surface area contributed by atoms with Crippen LogP contribution in [0, 0.1) is 10.1 Å². The number of amides is 2. The molecule has 30 heavy (non-hydrogen) atoms. The van der Waals surface area contributed by atoms with E-state index in [2.05, 4.69) is 0 Å². The number of rotatable bonds is 7. The van der Waals surface area contributed by atoms with Crippen molar-refractivity contribution in [1.82, 2.24) is 9.80 Å². The third-order valence-corrected chi connectivity index (χ3v) is 5.72. The van der Waals surface area contributed by atoms with Crippen molar-refractivity contribution in [1.29, 1.82) is 0 Å². The minimum atomic E-state index is -1.09. The average molecular weight is 439 g/mol. The Bertz CT molecular complexity index is 800. The maximum atomic E-state index is 12.7. The molecule has 11 heteroatoms. The highest BCUT2D eigenvalue weighted by Crippen LogP contribution is 2.31. The van der Waals surface area contributed by atoms with Gasteiger partial charge in [0.1, 0.15) is 6.61 Å². The molecule has 1 aliphatic heterocycles. The van der Waals surface area contributed by atoms with Gasteiger partial charge in [0.2, 0.25) is 5.91 Å². The minimum Gasteiger partial charge on any atom is -0.445 e. The highest BCUT2D eigenvalue weighted by molar-refractivity contribution is 8.14. The highest BCUT2D eigenvalue weighted by Gasteiger charge is 2.41. The van der Waals surface area contributed by atoms with Crippen molar-refractivity contribution in [3.05, 3.63) is 39.9 Å². The Labute approximate surface area is 178 Å². The molecule has 164 valence electrons. The van der Waals surface area contributed by atoms with Gasteiger partial charge in [-0.1, -0.05) is 11.8 Å². The van der Waals surface area contributed by atoms with Crippen LogP contribution in [0.5, 0.6) is 0 Å². The van der Waals surface area contributed by atoms with Gasteiger partial charge >= 0.3 is 6.09 Å². The van der Waals surface area contributed by atoms with E-state index in [0.29, 0.717) is 12.0 Å². The van der Waals surface area contributed by atoms with Crippen LogP contribution < -0.4 is 0 Å². The molecule has 0 aliphatic carbocycles. The first-order valence-corrected chi connectivity index (χ1v) is 10.2. The zero-order chi connectivity index (χ0) is 22.4. The number of thioether (sulfide) groups is 1. The first-order valence-electron chi connectivity index (χ1n) is 9.30. The summed E-state index contributed by atoms with van der Waals surface area (Å²) in [6.07, 6.45) is -1.56. The summed E-state index contributed by atoms with van der Waals surface area (Å²) >= 11 is 1.09. The zero-order valence-electron chi connectivity index (χ0n) is 17.0. The number of carbonyl (C=O) groups is 3. The van der Waals surface area contributed by atoms with Crippen LogP contribution in [-0.4, -0.2) is 75.0 Å². The summed E-state index contributed by atoms with van der Waals surface area (Å²) in [5, 5.41) is 21.0. The fraction of sp³-hybridized carbons (Fsp3) is 0.526. The Balaban J connectivity index is 2.05. The SMILES string of the molecule is CC(=O)S[C@H]1C[C@@H](C(O)CC(=O)N(C)C)N(C(=O)OCc2ccc([N+](=O)[O-])cc2)C1. The van der Waals surface area contributed by atoms with Gasteiger partial charge in [-0.3, -0.25) is 19.7 Å². The smallest absolute Gasteiger partial charge is 0.410 e. The number of carbonyl (C=O) groups excluding carboxylic acids is 3. The van der Waals surface area contributed by atoms with Gasteiger partial charge in [-0.25, -0.2) is 4.79 Å². The van der Waals surface area contributed by atoms with Crippen LogP contribution >= 0.6 is 11.8 Å². The predicted molar refractivity (Wildman–Crippen MR) is 110 cm³/mol. The molecule has 1 unspecified atom stereocenters. The summed E-state index contributed by atoms with van der Waals surface area (Å²) in [5.41, 5.74) is 0.505. The summed E-state index contributed by atoms with van der Waals surface area (Å²) in [7, 11) is 3.16. The molecule has 0 radical (unpaired) electrons. The Morgan fingerprint density at radius 1 is 1.33 bits per heavy atom. The van der Waals surface area contributed by atoms with E-state index < -0.39 is 23.2 Å². The Morgan fingerprint density at radius 3 is 2.50 bits per heavy atom. The molecule has 1 fully saturated rings. The van der Waals surface area contributed by atoms with E-state index in [0.717, 1.165) is 11.8 Å². The van der Waals surface area contributed by atoms with Crippen LogP contribution in [-0.2, 0) is 20.9 Å². The van der Waals surface area contributed by atoms with Crippen molar-refractivity contribution in [3.8, 4) is 0 Å². The van der Waals surface area contributed by atoms with Crippen molar-refractivity contribution >= 4 is 34.6 Å². The monoisotopic (exact) mass is 439 g/mol. The van der Waals surface area contributed by atoms with Crippen LogP contribution in [0.25, 0.3) is 0 Å². The maximum absolute atomic E-state index is 12.7. The quantitative estimate of drug-likeness (QED) is 0.503. The third kappa shape index (κ3) is 6.42. The van der Waals surface area contributed by atoms with E-state index in [1.54, 1.807) is 14.1 Å². The molecule has 1 heterocycles. The molecule has 0 saturated carbocycles. The lowest BCUT2D eigenvalue weighted by Crippen LogP contribution is -2.44. The highest BCUT2D eigenvalue weighted by atomic mass is 32.2. The van der Waals surface area contributed by atoms with Crippen LogP contribution in [0.15, 0.2) is 24.3 Å². The lowest BCUT2D eigenvalue weighted by molar-refractivity contribution is -0.384. The van der Waals surface area contributed by atoms with Gasteiger partial charge in [-0.05, 0) is 24.1 Å². The number of nitro benzene ring substituents is 1. The topological polar surface area (TPSA) is 130 Å². The number of hydrogen-bond donors (Lipinski definition) is 1. The van der Waals surface area contributed by atoms with Gasteiger partial charge < -0.3 is 19.6 Å². The Hall–Kier alpha value is -2.66. The fourth-order valence-corrected chi connectivity index (χ4v) is 4.16. The zero-order valence-corrected chi connectivity index (χ0v) is 17.8. The Morgan fingerprint density at radius 2 is 1.97 bits per heavy atom. The second-order valence-electron chi connectivity index (χ2n) is 7.22. The molecule has 3 atom stereocenters. The van der Waals surface area contributed by atoms with Crippen molar-refractivity contribution < 1.29 is 29.2 Å². The molecule has 0 bridgehead atoms. The van der Waals surface area contributed by atoms with Crippen LogP contribution in [0.4, 0.5) is 10.5 Å². The number of aliphatic hydroxyl groups is 1. The molecule has 0 spiro atoms. The van der Waals surface area contributed by atoms with Gasteiger partial charge in [-0.2, -0.15) is 0 Å². The summed E-state index contributed by atoms with van der Waals surface area (Å²) < 4.78 is 5.32. The summed E-state index contributed by atoms with van der Waals surface area (Å²) in [6.45, 7) is 1.54. The van der Waals surface area contributed by atoms with Crippen LogP contribution in [0.3, 0.4) is 0 Å². The predicted octanol–water partition coefficient (Wildman–Crippen LogP) is 1.79. The first-order chi connectivity index (χ1) is 14.1. The van der Waals surface area contributed by atoms with E-state index >= 15 is 0 Å². The number of benzene rings is 1. The molecule has 0 aromatic heterocycles. The lowest BCUT2D eigenvalue weighted by atomic mass is 10.0. The largest absolute Gasteiger partial charge is 0.445 e. The molecular weight excluding hydrogens is 414 g/mol. The minimum absolute atomic E-state index is 0.0672. The maximum Gasteiger partial charge on any atom is 0.410 e. The van der Waals surface area contributed by atoms with E-state index in [9.17, 15) is 29.6 Å². The van der Waals surface area contributed by atoms with Gasteiger partial charge in [0, 0.05) is 44.9 Å². The van der Waals surface area contributed by atoms with Crippen molar-refractivity contribution in [2.24, 2.45) is 0 Å². The van der Waals surface area contributed by atoms with Gasteiger partial charge in [0.15, 0.2) is 5.12 Å². The lowest BCUT2D eigenvalue weighted by Gasteiger charge is -2.28. The number of ether oxygens (including phenoxy) is 1. The van der Waals surface area contributed by atoms with Crippen molar-refractivity contribution in [2.75, 3.05) is 20.6 Å². The molecular formula is C19H25N3O7S. The first kappa shape index (κ1) is 23.6. The molecule has 1 N–H and O–H groups in total. The second kappa shape index (κ2) is 10.4. The molecule has 2 amide bonds. The molecule has 1 aliphatic rings. The molecule has 2 rings (SSSR count). The molecule has 1 saturated heterocycles. The van der Waals surface area contributed by atoms with Gasteiger partial charge in [0.05, 0.1) is 23.5 Å². The van der Waals surface area contributed by atoms with Crippen molar-refractivity contribution in [3.63, 3.8) is 0 Å². The molecule has 1 aromatic rings. The molecule has 10 nitrogen and oxygen atoms in total.